The molecule has 1 aliphatic rings. The number of hydrogen-bond donors (Lipinski definition) is 1. The number of para-hydroxylation sites is 1. The zero-order valence-corrected chi connectivity index (χ0v) is 10.4. The van der Waals surface area contributed by atoms with E-state index in [1.807, 2.05) is 24.3 Å². The lowest BCUT2D eigenvalue weighted by atomic mass is 10.1. The third-order valence-corrected chi connectivity index (χ3v) is 2.71. The van der Waals surface area contributed by atoms with Crippen molar-refractivity contribution >= 4 is 24.0 Å². The summed E-state index contributed by atoms with van der Waals surface area (Å²) in [5.41, 5.74) is 7.34. The van der Waals surface area contributed by atoms with E-state index in [9.17, 15) is 4.79 Å². The van der Waals surface area contributed by atoms with Crippen molar-refractivity contribution in [2.45, 2.75) is 6.42 Å². The van der Waals surface area contributed by atoms with Crippen LogP contribution in [0.15, 0.2) is 24.3 Å². The second-order valence-corrected chi connectivity index (χ2v) is 3.87. The van der Waals surface area contributed by atoms with Gasteiger partial charge in [-0.05, 0) is 11.6 Å². The van der Waals surface area contributed by atoms with Gasteiger partial charge < -0.3 is 15.4 Å². The Morgan fingerprint density at radius 2 is 1.94 bits per heavy atom. The number of carbonyl (C=O) groups excluding carboxylic acids is 1. The molecule has 2 rings (SSSR count). The molecule has 4 nitrogen and oxygen atoms in total. The van der Waals surface area contributed by atoms with Crippen LogP contribution in [0.5, 0.6) is 0 Å². The Hall–Kier alpha value is -1.26. The van der Waals surface area contributed by atoms with Crippen LogP contribution in [0.2, 0.25) is 0 Å². The van der Waals surface area contributed by atoms with Gasteiger partial charge in [-0.1, -0.05) is 18.2 Å². The van der Waals surface area contributed by atoms with Crippen molar-refractivity contribution in [1.82, 2.24) is 0 Å². The Morgan fingerprint density at radius 3 is 2.59 bits per heavy atom. The number of rotatable bonds is 3. The van der Waals surface area contributed by atoms with E-state index in [2.05, 4.69) is 4.90 Å². The van der Waals surface area contributed by atoms with Crippen LogP contribution in [-0.2, 0) is 16.0 Å². The lowest BCUT2D eigenvalue weighted by Crippen LogP contribution is -2.37. The van der Waals surface area contributed by atoms with Crippen molar-refractivity contribution in [3.63, 3.8) is 0 Å². The van der Waals surface area contributed by atoms with E-state index in [-0.39, 0.29) is 18.3 Å². The van der Waals surface area contributed by atoms with Gasteiger partial charge >= 0.3 is 0 Å². The number of amides is 1. The highest BCUT2D eigenvalue weighted by Gasteiger charge is 2.14. The number of ether oxygens (including phenoxy) is 1. The molecule has 1 fully saturated rings. The number of morpholine rings is 1. The van der Waals surface area contributed by atoms with Crippen molar-refractivity contribution in [2.24, 2.45) is 5.73 Å². The SMILES string of the molecule is Cl.NC(=O)Cc1ccccc1N1CCOCC1. The zero-order valence-electron chi connectivity index (χ0n) is 9.59. The normalized spacial score (nSPS) is 15.2. The lowest BCUT2D eigenvalue weighted by Gasteiger charge is -2.30. The number of benzene rings is 1. The molecule has 0 saturated carbocycles. The van der Waals surface area contributed by atoms with E-state index in [1.165, 1.54) is 0 Å². The second kappa shape index (κ2) is 6.47. The highest BCUT2D eigenvalue weighted by molar-refractivity contribution is 5.85. The predicted octanol–water partition coefficient (Wildman–Crippen LogP) is 0.973. The van der Waals surface area contributed by atoms with Crippen molar-refractivity contribution in [3.05, 3.63) is 29.8 Å². The van der Waals surface area contributed by atoms with Crippen molar-refractivity contribution in [3.8, 4) is 0 Å². The molecule has 1 aromatic rings. The van der Waals surface area contributed by atoms with Crippen molar-refractivity contribution < 1.29 is 9.53 Å². The fourth-order valence-electron chi connectivity index (χ4n) is 1.96. The lowest BCUT2D eigenvalue weighted by molar-refractivity contribution is -0.117. The van der Waals surface area contributed by atoms with Gasteiger partial charge in [0, 0.05) is 18.8 Å². The topological polar surface area (TPSA) is 55.6 Å². The Balaban J connectivity index is 0.00000144. The number of primary amides is 1. The van der Waals surface area contributed by atoms with Gasteiger partial charge in [0.25, 0.3) is 0 Å². The Bertz CT molecular complexity index is 379. The van der Waals surface area contributed by atoms with Gasteiger partial charge in [0.1, 0.15) is 0 Å². The van der Waals surface area contributed by atoms with Gasteiger partial charge in [-0.25, -0.2) is 0 Å². The van der Waals surface area contributed by atoms with Gasteiger partial charge in [-0.3, -0.25) is 4.79 Å². The monoisotopic (exact) mass is 256 g/mol. The Labute approximate surface area is 107 Å². The zero-order chi connectivity index (χ0) is 11.4. The van der Waals surface area contributed by atoms with E-state index in [0.717, 1.165) is 37.6 Å². The van der Waals surface area contributed by atoms with Crippen LogP contribution in [0.3, 0.4) is 0 Å². The van der Waals surface area contributed by atoms with Gasteiger partial charge in [-0.2, -0.15) is 0 Å². The minimum Gasteiger partial charge on any atom is -0.378 e. The van der Waals surface area contributed by atoms with E-state index in [4.69, 9.17) is 10.5 Å². The molecule has 0 spiro atoms. The smallest absolute Gasteiger partial charge is 0.221 e. The van der Waals surface area contributed by atoms with Gasteiger partial charge in [0.2, 0.25) is 5.91 Å². The van der Waals surface area contributed by atoms with Gasteiger partial charge in [0.15, 0.2) is 0 Å². The summed E-state index contributed by atoms with van der Waals surface area (Å²) in [6.45, 7) is 3.22. The van der Waals surface area contributed by atoms with E-state index >= 15 is 0 Å². The molecular weight excluding hydrogens is 240 g/mol. The molecule has 0 atom stereocenters. The van der Waals surface area contributed by atoms with E-state index in [0.29, 0.717) is 6.42 Å². The number of halogens is 1. The number of anilines is 1. The number of nitrogens with zero attached hydrogens (tertiary/aromatic N) is 1. The second-order valence-electron chi connectivity index (χ2n) is 3.87. The van der Waals surface area contributed by atoms with Crippen LogP contribution in [0.25, 0.3) is 0 Å². The summed E-state index contributed by atoms with van der Waals surface area (Å²) in [5, 5.41) is 0. The summed E-state index contributed by atoms with van der Waals surface area (Å²) in [6, 6.07) is 7.90. The molecule has 1 aromatic carbocycles. The quantitative estimate of drug-likeness (QED) is 0.877. The molecule has 5 heteroatoms. The maximum absolute atomic E-state index is 11.0. The molecule has 2 N–H and O–H groups in total. The molecule has 0 radical (unpaired) electrons. The summed E-state index contributed by atoms with van der Waals surface area (Å²) in [4.78, 5) is 13.2. The van der Waals surface area contributed by atoms with Crippen molar-refractivity contribution in [1.29, 1.82) is 0 Å². The predicted molar refractivity (Wildman–Crippen MR) is 69.6 cm³/mol. The van der Waals surface area contributed by atoms with Crippen LogP contribution in [-0.4, -0.2) is 32.2 Å². The Morgan fingerprint density at radius 1 is 1.29 bits per heavy atom. The Kier molecular flexibility index (Phi) is 5.25. The first kappa shape index (κ1) is 13.8. The van der Waals surface area contributed by atoms with E-state index < -0.39 is 0 Å². The van der Waals surface area contributed by atoms with E-state index in [1.54, 1.807) is 0 Å². The number of carbonyl (C=O) groups is 1. The summed E-state index contributed by atoms with van der Waals surface area (Å²) in [6.07, 6.45) is 0.299. The van der Waals surface area contributed by atoms with Crippen molar-refractivity contribution in [2.75, 3.05) is 31.2 Å². The maximum Gasteiger partial charge on any atom is 0.221 e. The average molecular weight is 257 g/mol. The molecule has 0 aromatic heterocycles. The summed E-state index contributed by atoms with van der Waals surface area (Å²) in [7, 11) is 0. The molecular formula is C12H17ClN2O2. The first-order chi connectivity index (χ1) is 7.77. The molecule has 0 aliphatic carbocycles. The number of nitrogens with two attached hydrogens (primary N) is 1. The fourth-order valence-corrected chi connectivity index (χ4v) is 1.96. The largest absolute Gasteiger partial charge is 0.378 e. The van der Waals surface area contributed by atoms with Crippen LogP contribution < -0.4 is 10.6 Å². The van der Waals surface area contributed by atoms with Crippen LogP contribution in [0, 0.1) is 0 Å². The van der Waals surface area contributed by atoms with Crippen LogP contribution >= 0.6 is 12.4 Å². The third-order valence-electron chi connectivity index (χ3n) is 2.71. The molecule has 1 amide bonds. The standard InChI is InChI=1S/C12H16N2O2.ClH/c13-12(15)9-10-3-1-2-4-11(10)14-5-7-16-8-6-14;/h1-4H,5-9H2,(H2,13,15);1H. The molecule has 94 valence electrons. The summed E-state index contributed by atoms with van der Waals surface area (Å²) >= 11 is 0. The molecule has 1 saturated heterocycles. The highest BCUT2D eigenvalue weighted by atomic mass is 35.5. The molecule has 17 heavy (non-hydrogen) atoms. The molecule has 1 aliphatic heterocycles. The minimum atomic E-state index is -0.291. The molecule has 0 bridgehead atoms. The average Bonchev–Trinajstić information content (AvgIpc) is 2.30. The number of hydrogen-bond acceptors (Lipinski definition) is 3. The summed E-state index contributed by atoms with van der Waals surface area (Å²) < 4.78 is 5.31. The molecule has 1 heterocycles. The molecule has 0 unspecified atom stereocenters. The minimum absolute atomic E-state index is 0. The maximum atomic E-state index is 11.0. The third kappa shape index (κ3) is 3.61. The first-order valence-corrected chi connectivity index (χ1v) is 5.46. The van der Waals surface area contributed by atoms with Gasteiger partial charge in [-0.15, -0.1) is 12.4 Å². The fraction of sp³-hybridized carbons (Fsp3) is 0.417. The first-order valence-electron chi connectivity index (χ1n) is 5.46. The van der Waals surface area contributed by atoms with Crippen LogP contribution in [0.1, 0.15) is 5.56 Å². The highest BCUT2D eigenvalue weighted by Crippen LogP contribution is 2.21. The van der Waals surface area contributed by atoms with Crippen LogP contribution in [0.4, 0.5) is 5.69 Å². The van der Waals surface area contributed by atoms with Gasteiger partial charge in [0.05, 0.1) is 19.6 Å². The summed E-state index contributed by atoms with van der Waals surface area (Å²) in [5.74, 6) is -0.291.